The Balaban J connectivity index is 2.37. The highest BCUT2D eigenvalue weighted by atomic mass is 79.9. The second kappa shape index (κ2) is 5.71. The summed E-state index contributed by atoms with van der Waals surface area (Å²) in [6, 6.07) is 9.06. The number of para-hydroxylation sites is 1. The topological polar surface area (TPSA) is 77.2 Å². The predicted octanol–water partition coefficient (Wildman–Crippen LogP) is 2.96. The molecular weight excluding hydrogens is 310 g/mol. The maximum absolute atomic E-state index is 11.5. The molecule has 0 aliphatic heterocycles. The van der Waals surface area contributed by atoms with Gasteiger partial charge < -0.3 is 15.8 Å². The van der Waals surface area contributed by atoms with Crippen LogP contribution in [0.2, 0.25) is 0 Å². The number of rotatable bonds is 3. The third kappa shape index (κ3) is 2.85. The molecule has 0 bridgehead atoms. The Labute approximate surface area is 118 Å². The Kier molecular flexibility index (Phi) is 4.01. The lowest BCUT2D eigenvalue weighted by molar-refractivity contribution is 0.0602. The zero-order valence-corrected chi connectivity index (χ0v) is 11.8. The number of nitrogens with two attached hydrogens (primary N) is 1. The number of nitrogens with one attached hydrogen (secondary N) is 1. The number of hydrogen-bond donors (Lipinski definition) is 2. The lowest BCUT2D eigenvalue weighted by atomic mass is 10.2. The number of carbonyl (C=O) groups is 1. The largest absolute Gasteiger partial charge is 0.465 e. The molecule has 0 spiro atoms. The molecule has 6 heteroatoms. The first kappa shape index (κ1) is 13.4. The van der Waals surface area contributed by atoms with Crippen molar-refractivity contribution in [3.05, 3.63) is 46.6 Å². The van der Waals surface area contributed by atoms with Crippen LogP contribution in [0.15, 0.2) is 41.0 Å². The maximum atomic E-state index is 11.5. The van der Waals surface area contributed by atoms with Crippen LogP contribution in [0.25, 0.3) is 0 Å². The van der Waals surface area contributed by atoms with Crippen LogP contribution in [-0.2, 0) is 4.74 Å². The van der Waals surface area contributed by atoms with Crippen LogP contribution in [0, 0.1) is 0 Å². The maximum Gasteiger partial charge on any atom is 0.340 e. The summed E-state index contributed by atoms with van der Waals surface area (Å²) in [5.41, 5.74) is 7.26. The molecule has 1 aromatic carbocycles. The van der Waals surface area contributed by atoms with Gasteiger partial charge in [-0.25, -0.2) is 9.78 Å². The Morgan fingerprint density at radius 3 is 2.79 bits per heavy atom. The molecule has 1 aromatic heterocycles. The van der Waals surface area contributed by atoms with Crippen LogP contribution in [0.5, 0.6) is 0 Å². The highest BCUT2D eigenvalue weighted by Crippen LogP contribution is 2.28. The van der Waals surface area contributed by atoms with Crippen molar-refractivity contribution in [1.29, 1.82) is 0 Å². The van der Waals surface area contributed by atoms with Gasteiger partial charge >= 0.3 is 5.97 Å². The third-order valence-corrected chi connectivity index (χ3v) is 3.21. The standard InChI is InChI=1S/C13H12BrN3O2/c1-19-13(18)8-6-7-16-12(11(8)15)17-10-5-3-2-4-9(10)14/h2-7H,15H2,1H3,(H,16,17). The first-order chi connectivity index (χ1) is 9.13. The molecule has 0 aliphatic rings. The Hall–Kier alpha value is -2.08. The smallest absolute Gasteiger partial charge is 0.340 e. The normalized spacial score (nSPS) is 10.0. The van der Waals surface area contributed by atoms with E-state index in [1.54, 1.807) is 0 Å². The molecule has 0 fully saturated rings. The van der Waals surface area contributed by atoms with Crippen molar-refractivity contribution in [2.75, 3.05) is 18.2 Å². The number of methoxy groups -OCH3 is 1. The highest BCUT2D eigenvalue weighted by Gasteiger charge is 2.14. The van der Waals surface area contributed by atoms with Crippen molar-refractivity contribution in [1.82, 2.24) is 4.98 Å². The molecule has 1 heterocycles. The fourth-order valence-electron chi connectivity index (χ4n) is 1.55. The van der Waals surface area contributed by atoms with Gasteiger partial charge in [-0.05, 0) is 34.1 Å². The van der Waals surface area contributed by atoms with Crippen LogP contribution in [0.3, 0.4) is 0 Å². The van der Waals surface area contributed by atoms with Crippen molar-refractivity contribution in [2.24, 2.45) is 0 Å². The number of nitrogen functional groups attached to an aromatic ring is 1. The minimum absolute atomic E-state index is 0.255. The minimum atomic E-state index is -0.491. The van der Waals surface area contributed by atoms with Gasteiger partial charge in [-0.15, -0.1) is 0 Å². The number of hydrogen-bond acceptors (Lipinski definition) is 5. The average Bonchev–Trinajstić information content (AvgIpc) is 2.42. The summed E-state index contributed by atoms with van der Waals surface area (Å²) in [5, 5.41) is 3.07. The highest BCUT2D eigenvalue weighted by molar-refractivity contribution is 9.10. The van der Waals surface area contributed by atoms with Gasteiger partial charge in [0.05, 0.1) is 24.0 Å². The number of nitrogens with zero attached hydrogens (tertiary/aromatic N) is 1. The van der Waals surface area contributed by atoms with E-state index in [4.69, 9.17) is 5.73 Å². The van der Waals surface area contributed by atoms with E-state index in [1.165, 1.54) is 19.4 Å². The zero-order chi connectivity index (χ0) is 13.8. The van der Waals surface area contributed by atoms with Gasteiger partial charge in [0, 0.05) is 10.7 Å². The molecule has 5 nitrogen and oxygen atoms in total. The summed E-state index contributed by atoms with van der Waals surface area (Å²) in [7, 11) is 1.31. The molecule has 0 saturated heterocycles. The number of halogens is 1. The molecule has 0 radical (unpaired) electrons. The summed E-state index contributed by atoms with van der Waals surface area (Å²) in [4.78, 5) is 15.7. The molecule has 0 amide bonds. The van der Waals surface area contributed by atoms with Gasteiger partial charge in [0.1, 0.15) is 0 Å². The van der Waals surface area contributed by atoms with E-state index in [-0.39, 0.29) is 11.3 Å². The summed E-state index contributed by atoms with van der Waals surface area (Å²) < 4.78 is 5.54. The second-order valence-corrected chi connectivity index (χ2v) is 4.57. The van der Waals surface area contributed by atoms with Gasteiger partial charge in [0.25, 0.3) is 0 Å². The van der Waals surface area contributed by atoms with Crippen molar-refractivity contribution < 1.29 is 9.53 Å². The summed E-state index contributed by atoms with van der Waals surface area (Å²) in [5.74, 6) is -0.0788. The first-order valence-corrected chi connectivity index (χ1v) is 6.27. The van der Waals surface area contributed by atoms with Crippen LogP contribution in [0.4, 0.5) is 17.2 Å². The van der Waals surface area contributed by atoms with E-state index in [0.29, 0.717) is 5.82 Å². The average molecular weight is 322 g/mol. The molecule has 0 atom stereocenters. The molecule has 0 aliphatic carbocycles. The number of anilines is 3. The van der Waals surface area contributed by atoms with Crippen LogP contribution < -0.4 is 11.1 Å². The molecule has 2 rings (SSSR count). The van der Waals surface area contributed by atoms with Crippen LogP contribution in [0.1, 0.15) is 10.4 Å². The molecule has 3 N–H and O–H groups in total. The van der Waals surface area contributed by atoms with Gasteiger partial charge in [-0.1, -0.05) is 12.1 Å². The van der Waals surface area contributed by atoms with Gasteiger partial charge in [0.15, 0.2) is 5.82 Å². The molecule has 98 valence electrons. The third-order valence-electron chi connectivity index (χ3n) is 2.52. The molecular formula is C13H12BrN3O2. The molecule has 19 heavy (non-hydrogen) atoms. The number of benzene rings is 1. The molecule has 2 aromatic rings. The number of pyridine rings is 1. The van der Waals surface area contributed by atoms with E-state index < -0.39 is 5.97 Å². The van der Waals surface area contributed by atoms with Crippen molar-refractivity contribution >= 4 is 39.1 Å². The lowest BCUT2D eigenvalue weighted by Crippen LogP contribution is -2.09. The van der Waals surface area contributed by atoms with Crippen molar-refractivity contribution in [3.63, 3.8) is 0 Å². The summed E-state index contributed by atoms with van der Waals surface area (Å²) >= 11 is 3.42. The van der Waals surface area contributed by atoms with Crippen LogP contribution in [-0.4, -0.2) is 18.1 Å². The van der Waals surface area contributed by atoms with Crippen molar-refractivity contribution in [3.8, 4) is 0 Å². The van der Waals surface area contributed by atoms with E-state index in [2.05, 4.69) is 31.0 Å². The Bertz CT molecular complexity index is 617. The fourth-order valence-corrected chi connectivity index (χ4v) is 1.93. The van der Waals surface area contributed by atoms with Crippen molar-refractivity contribution in [2.45, 2.75) is 0 Å². The Morgan fingerprint density at radius 2 is 2.11 bits per heavy atom. The quantitative estimate of drug-likeness (QED) is 0.850. The number of carbonyl (C=O) groups excluding carboxylic acids is 1. The van der Waals surface area contributed by atoms with Gasteiger partial charge in [-0.3, -0.25) is 0 Å². The van der Waals surface area contributed by atoms with E-state index in [1.807, 2.05) is 24.3 Å². The SMILES string of the molecule is COC(=O)c1ccnc(Nc2ccccc2Br)c1N. The monoisotopic (exact) mass is 321 g/mol. The zero-order valence-electron chi connectivity index (χ0n) is 10.2. The van der Waals surface area contributed by atoms with E-state index >= 15 is 0 Å². The molecule has 0 unspecified atom stereocenters. The van der Waals surface area contributed by atoms with Gasteiger partial charge in [0.2, 0.25) is 0 Å². The summed E-state index contributed by atoms with van der Waals surface area (Å²) in [6.45, 7) is 0. The minimum Gasteiger partial charge on any atom is -0.465 e. The number of esters is 1. The first-order valence-electron chi connectivity index (χ1n) is 5.48. The molecule has 0 saturated carbocycles. The van der Waals surface area contributed by atoms with Crippen LogP contribution >= 0.6 is 15.9 Å². The Morgan fingerprint density at radius 1 is 1.37 bits per heavy atom. The number of ether oxygens (including phenoxy) is 1. The predicted molar refractivity (Wildman–Crippen MR) is 77.4 cm³/mol. The second-order valence-electron chi connectivity index (χ2n) is 3.72. The summed E-state index contributed by atoms with van der Waals surface area (Å²) in [6.07, 6.45) is 1.50. The lowest BCUT2D eigenvalue weighted by Gasteiger charge is -2.11. The number of aromatic nitrogens is 1. The van der Waals surface area contributed by atoms with Gasteiger partial charge in [-0.2, -0.15) is 0 Å². The van der Waals surface area contributed by atoms with E-state index in [0.717, 1.165) is 10.2 Å². The van der Waals surface area contributed by atoms with E-state index in [9.17, 15) is 4.79 Å². The fraction of sp³-hybridized carbons (Fsp3) is 0.0769.